The third kappa shape index (κ3) is 4.49. The van der Waals surface area contributed by atoms with Gasteiger partial charge in [0.25, 0.3) is 5.91 Å². The van der Waals surface area contributed by atoms with E-state index in [1.54, 1.807) is 49.4 Å². The molecular formula is C19H21NO5S. The summed E-state index contributed by atoms with van der Waals surface area (Å²) < 4.78 is 22.9. The zero-order chi connectivity index (χ0) is 19.4. The fraction of sp³-hybridized carbons (Fsp3) is 0.263. The number of hydrogen-bond donors (Lipinski definition) is 2. The quantitative estimate of drug-likeness (QED) is 0.774. The molecule has 0 aliphatic carbocycles. The van der Waals surface area contributed by atoms with Crippen LogP contribution < -0.4 is 5.32 Å². The Kier molecular flexibility index (Phi) is 5.82. The van der Waals surface area contributed by atoms with Gasteiger partial charge in [-0.15, -0.1) is 0 Å². The van der Waals surface area contributed by atoms with Crippen LogP contribution in [0, 0.1) is 0 Å². The van der Waals surface area contributed by atoms with Crippen LogP contribution in [-0.2, 0) is 25.9 Å². The van der Waals surface area contributed by atoms with Crippen LogP contribution in [-0.4, -0.2) is 31.7 Å². The second-order valence-corrected chi connectivity index (χ2v) is 8.29. The Bertz CT molecular complexity index is 909. The number of aliphatic carboxylic acids is 1. The van der Waals surface area contributed by atoms with E-state index >= 15 is 0 Å². The summed E-state index contributed by atoms with van der Waals surface area (Å²) in [6.45, 7) is 1.68. The molecule has 0 saturated carbocycles. The van der Waals surface area contributed by atoms with E-state index in [1.807, 2.05) is 0 Å². The molecule has 7 heteroatoms. The zero-order valence-electron chi connectivity index (χ0n) is 14.6. The SMILES string of the molecule is CC[C@@](NC(=O)c1cccc(CS(C)(=O)=O)c1)(C(=O)O)c1ccccc1. The van der Waals surface area contributed by atoms with Gasteiger partial charge >= 0.3 is 5.97 Å². The number of amides is 1. The summed E-state index contributed by atoms with van der Waals surface area (Å²) in [4.78, 5) is 24.7. The van der Waals surface area contributed by atoms with Gasteiger partial charge in [-0.25, -0.2) is 13.2 Å². The van der Waals surface area contributed by atoms with E-state index in [2.05, 4.69) is 5.32 Å². The molecule has 0 aliphatic rings. The second kappa shape index (κ2) is 7.70. The van der Waals surface area contributed by atoms with Crippen LogP contribution >= 0.6 is 0 Å². The van der Waals surface area contributed by atoms with Gasteiger partial charge in [0.1, 0.15) is 0 Å². The molecule has 0 radical (unpaired) electrons. The van der Waals surface area contributed by atoms with Crippen molar-refractivity contribution in [2.75, 3.05) is 6.26 Å². The first-order valence-electron chi connectivity index (χ1n) is 8.06. The number of carboxylic acid groups (broad SMARTS) is 1. The fourth-order valence-corrected chi connectivity index (χ4v) is 3.57. The maximum absolute atomic E-state index is 12.7. The first kappa shape index (κ1) is 19.7. The predicted octanol–water partition coefficient (Wildman–Crippen LogP) is 2.35. The molecule has 1 atom stereocenters. The topological polar surface area (TPSA) is 101 Å². The number of nitrogens with one attached hydrogen (secondary N) is 1. The lowest BCUT2D eigenvalue weighted by molar-refractivity contribution is -0.145. The zero-order valence-corrected chi connectivity index (χ0v) is 15.4. The van der Waals surface area contributed by atoms with Gasteiger partial charge in [-0.05, 0) is 29.7 Å². The van der Waals surface area contributed by atoms with Gasteiger partial charge in [-0.1, -0.05) is 49.4 Å². The number of benzene rings is 2. The number of carbonyl (C=O) groups is 2. The minimum atomic E-state index is -3.24. The van der Waals surface area contributed by atoms with E-state index in [0.717, 1.165) is 6.26 Å². The monoisotopic (exact) mass is 375 g/mol. The van der Waals surface area contributed by atoms with Crippen molar-refractivity contribution < 1.29 is 23.1 Å². The summed E-state index contributed by atoms with van der Waals surface area (Å²) in [5.41, 5.74) is -0.417. The van der Waals surface area contributed by atoms with Gasteiger partial charge in [0.2, 0.25) is 0 Å². The first-order valence-corrected chi connectivity index (χ1v) is 10.1. The highest BCUT2D eigenvalue weighted by molar-refractivity contribution is 7.89. The molecule has 0 aromatic heterocycles. The third-order valence-electron chi connectivity index (χ3n) is 4.11. The van der Waals surface area contributed by atoms with Gasteiger partial charge in [0.05, 0.1) is 5.75 Å². The van der Waals surface area contributed by atoms with E-state index in [-0.39, 0.29) is 17.7 Å². The van der Waals surface area contributed by atoms with E-state index in [4.69, 9.17) is 0 Å². The molecule has 138 valence electrons. The summed E-state index contributed by atoms with van der Waals surface area (Å²) in [5, 5.41) is 12.4. The van der Waals surface area contributed by atoms with Crippen LogP contribution in [0.1, 0.15) is 34.8 Å². The normalized spacial score (nSPS) is 13.6. The summed E-state index contributed by atoms with van der Waals surface area (Å²) in [6, 6.07) is 14.7. The Hall–Kier alpha value is -2.67. The summed E-state index contributed by atoms with van der Waals surface area (Å²) in [6.07, 6.45) is 1.27. The maximum Gasteiger partial charge on any atom is 0.334 e. The van der Waals surface area contributed by atoms with Crippen molar-refractivity contribution in [2.45, 2.75) is 24.6 Å². The molecule has 0 fully saturated rings. The lowest BCUT2D eigenvalue weighted by Crippen LogP contribution is -2.51. The highest BCUT2D eigenvalue weighted by Crippen LogP contribution is 2.26. The van der Waals surface area contributed by atoms with Crippen molar-refractivity contribution in [1.29, 1.82) is 0 Å². The molecule has 2 aromatic carbocycles. The van der Waals surface area contributed by atoms with Crippen molar-refractivity contribution >= 4 is 21.7 Å². The van der Waals surface area contributed by atoms with Crippen LogP contribution in [0.25, 0.3) is 0 Å². The molecule has 0 aliphatic heterocycles. The Balaban J connectivity index is 2.37. The molecule has 26 heavy (non-hydrogen) atoms. The van der Waals surface area contributed by atoms with E-state index in [1.165, 1.54) is 12.1 Å². The molecule has 0 heterocycles. The average molecular weight is 375 g/mol. The standard InChI is InChI=1S/C19H21NO5S/c1-3-19(18(22)23,16-10-5-4-6-11-16)20-17(21)15-9-7-8-14(12-15)13-26(2,24)25/h4-12H,3,13H2,1-2H3,(H,20,21)(H,22,23)/t19-/m0/s1. The molecule has 0 saturated heterocycles. The van der Waals surface area contributed by atoms with Crippen LogP contribution in [0.15, 0.2) is 54.6 Å². The second-order valence-electron chi connectivity index (χ2n) is 6.15. The van der Waals surface area contributed by atoms with Crippen molar-refractivity contribution in [1.82, 2.24) is 5.32 Å². The van der Waals surface area contributed by atoms with E-state index < -0.39 is 27.3 Å². The maximum atomic E-state index is 12.7. The largest absolute Gasteiger partial charge is 0.479 e. The van der Waals surface area contributed by atoms with Crippen molar-refractivity contribution in [2.24, 2.45) is 0 Å². The van der Waals surface area contributed by atoms with Gasteiger partial charge in [-0.3, -0.25) is 4.79 Å². The lowest BCUT2D eigenvalue weighted by atomic mass is 9.87. The molecule has 0 unspecified atom stereocenters. The lowest BCUT2D eigenvalue weighted by Gasteiger charge is -2.30. The number of hydrogen-bond acceptors (Lipinski definition) is 4. The summed E-state index contributed by atoms with van der Waals surface area (Å²) >= 11 is 0. The molecule has 0 bridgehead atoms. The van der Waals surface area contributed by atoms with Gasteiger partial charge in [-0.2, -0.15) is 0 Å². The molecule has 2 N–H and O–H groups in total. The molecule has 2 rings (SSSR count). The Labute approximate surface area is 152 Å². The van der Waals surface area contributed by atoms with Crippen LogP contribution in [0.5, 0.6) is 0 Å². The highest BCUT2D eigenvalue weighted by atomic mass is 32.2. The van der Waals surface area contributed by atoms with E-state index in [0.29, 0.717) is 11.1 Å². The van der Waals surface area contributed by atoms with Crippen LogP contribution in [0.3, 0.4) is 0 Å². The number of carbonyl (C=O) groups excluding carboxylic acids is 1. The highest BCUT2D eigenvalue weighted by Gasteiger charge is 2.40. The average Bonchev–Trinajstić information content (AvgIpc) is 2.58. The van der Waals surface area contributed by atoms with E-state index in [9.17, 15) is 23.1 Å². The van der Waals surface area contributed by atoms with Gasteiger partial charge < -0.3 is 10.4 Å². The first-order chi connectivity index (χ1) is 12.2. The van der Waals surface area contributed by atoms with Crippen molar-refractivity contribution in [3.05, 3.63) is 71.3 Å². The molecule has 2 aromatic rings. The minimum Gasteiger partial charge on any atom is -0.479 e. The third-order valence-corrected chi connectivity index (χ3v) is 4.96. The van der Waals surface area contributed by atoms with Crippen molar-refractivity contribution in [3.63, 3.8) is 0 Å². The van der Waals surface area contributed by atoms with Crippen LogP contribution in [0.4, 0.5) is 0 Å². The molecule has 0 spiro atoms. The fourth-order valence-electron chi connectivity index (χ4n) is 2.79. The van der Waals surface area contributed by atoms with Gasteiger partial charge in [0, 0.05) is 11.8 Å². The minimum absolute atomic E-state index is 0.154. The number of carboxylic acids is 1. The molecular weight excluding hydrogens is 354 g/mol. The Morgan fingerprint density at radius 1 is 1.08 bits per heavy atom. The molecule has 6 nitrogen and oxygen atoms in total. The number of sulfone groups is 1. The Morgan fingerprint density at radius 2 is 1.73 bits per heavy atom. The smallest absolute Gasteiger partial charge is 0.334 e. The predicted molar refractivity (Wildman–Crippen MR) is 98.5 cm³/mol. The summed E-state index contributed by atoms with van der Waals surface area (Å²) in [5.74, 6) is -1.93. The van der Waals surface area contributed by atoms with Crippen LogP contribution in [0.2, 0.25) is 0 Å². The van der Waals surface area contributed by atoms with Gasteiger partial charge in [0.15, 0.2) is 15.4 Å². The van der Waals surface area contributed by atoms with Crippen molar-refractivity contribution in [3.8, 4) is 0 Å². The summed E-state index contributed by atoms with van der Waals surface area (Å²) in [7, 11) is -3.24. The molecule has 1 amide bonds. The number of rotatable bonds is 7. The Morgan fingerprint density at radius 3 is 2.27 bits per heavy atom.